The van der Waals surface area contributed by atoms with Gasteiger partial charge in [-0.15, -0.1) is 0 Å². The zero-order valence-corrected chi connectivity index (χ0v) is 31.2. The van der Waals surface area contributed by atoms with Crippen LogP contribution in [0.5, 0.6) is 0 Å². The van der Waals surface area contributed by atoms with Gasteiger partial charge in [0.2, 0.25) is 0 Å². The van der Waals surface area contributed by atoms with Crippen molar-refractivity contribution in [2.45, 2.75) is 245 Å². The number of carbonyl (C=O) groups excluding carboxylic acids is 1. The van der Waals surface area contributed by atoms with Crippen LogP contribution in [0.25, 0.3) is 0 Å². The van der Waals surface area contributed by atoms with Gasteiger partial charge in [0.1, 0.15) is 6.10 Å². The molecule has 0 saturated carbocycles. The van der Waals surface area contributed by atoms with E-state index in [2.05, 4.69) is 26.0 Å². The van der Waals surface area contributed by atoms with Gasteiger partial charge in [-0.1, -0.05) is 193 Å². The molecular weight excluding hydrogens is 568 g/mol. The Hall–Kier alpha value is -1.32. The van der Waals surface area contributed by atoms with Crippen molar-refractivity contribution in [1.29, 1.82) is 0 Å². The molecule has 272 valence electrons. The molecule has 0 spiro atoms. The number of ether oxygens (including phenoxy) is 1. The summed E-state index contributed by atoms with van der Waals surface area (Å²) >= 11 is 0. The highest BCUT2D eigenvalue weighted by Gasteiger charge is 2.11. The van der Waals surface area contributed by atoms with Crippen molar-refractivity contribution in [2.24, 2.45) is 0 Å². The number of carboxylic acids is 1. The van der Waals surface area contributed by atoms with E-state index >= 15 is 0 Å². The fourth-order valence-electron chi connectivity index (χ4n) is 6.39. The van der Waals surface area contributed by atoms with Crippen LogP contribution in [0, 0.1) is 0 Å². The molecular formula is C42H80O4. The van der Waals surface area contributed by atoms with Gasteiger partial charge in [-0.2, -0.15) is 0 Å². The summed E-state index contributed by atoms with van der Waals surface area (Å²) in [5.74, 6) is -0.777. The molecule has 0 aromatic heterocycles. The lowest BCUT2D eigenvalue weighted by Gasteiger charge is -2.15. The first-order valence-electron chi connectivity index (χ1n) is 20.7. The Kier molecular flexibility index (Phi) is 37.0. The van der Waals surface area contributed by atoms with E-state index in [9.17, 15) is 9.59 Å². The van der Waals surface area contributed by atoms with Crippen molar-refractivity contribution in [2.75, 3.05) is 0 Å². The van der Waals surface area contributed by atoms with Crippen LogP contribution >= 0.6 is 0 Å². The Morgan fingerprint density at radius 1 is 0.478 bits per heavy atom. The molecule has 46 heavy (non-hydrogen) atoms. The van der Waals surface area contributed by atoms with Gasteiger partial charge in [0.25, 0.3) is 0 Å². The van der Waals surface area contributed by atoms with Crippen LogP contribution in [0.3, 0.4) is 0 Å². The molecule has 0 aromatic rings. The van der Waals surface area contributed by atoms with Crippen molar-refractivity contribution >= 4 is 11.9 Å². The molecule has 1 unspecified atom stereocenters. The maximum Gasteiger partial charge on any atom is 0.306 e. The molecule has 1 atom stereocenters. The Morgan fingerprint density at radius 2 is 0.826 bits per heavy atom. The van der Waals surface area contributed by atoms with Gasteiger partial charge in [-0.3, -0.25) is 9.59 Å². The average Bonchev–Trinajstić information content (AvgIpc) is 3.04. The number of carbonyl (C=O) groups is 2. The van der Waals surface area contributed by atoms with Crippen molar-refractivity contribution in [1.82, 2.24) is 0 Å². The van der Waals surface area contributed by atoms with E-state index in [0.29, 0.717) is 6.42 Å². The normalized spacial score (nSPS) is 12.2. The SMILES string of the molecule is CCCCCCC/C=C\C(CCCCCCC(=O)O)OC(=O)CCCCCCCCCCCCCCCCCCCCCCCC. The molecule has 0 saturated heterocycles. The van der Waals surface area contributed by atoms with Gasteiger partial charge in [0.15, 0.2) is 0 Å². The predicted molar refractivity (Wildman–Crippen MR) is 200 cm³/mol. The third-order valence-electron chi connectivity index (χ3n) is 9.47. The second kappa shape index (κ2) is 38.1. The third kappa shape index (κ3) is 37.1. The minimum Gasteiger partial charge on any atom is -0.481 e. The zero-order chi connectivity index (χ0) is 33.6. The van der Waals surface area contributed by atoms with Crippen LogP contribution in [0.4, 0.5) is 0 Å². The molecule has 1 N–H and O–H groups in total. The second-order valence-corrected chi connectivity index (χ2v) is 14.2. The van der Waals surface area contributed by atoms with Crippen LogP contribution in [0.2, 0.25) is 0 Å². The Labute approximate surface area is 287 Å². The van der Waals surface area contributed by atoms with E-state index < -0.39 is 5.97 Å². The molecule has 0 aliphatic rings. The van der Waals surface area contributed by atoms with Crippen LogP contribution in [-0.4, -0.2) is 23.1 Å². The van der Waals surface area contributed by atoms with Crippen molar-refractivity contribution < 1.29 is 19.4 Å². The molecule has 0 fully saturated rings. The molecule has 0 bridgehead atoms. The average molecular weight is 649 g/mol. The van der Waals surface area contributed by atoms with E-state index in [1.807, 2.05) is 0 Å². The summed E-state index contributed by atoms with van der Waals surface area (Å²) in [4.78, 5) is 23.3. The van der Waals surface area contributed by atoms with E-state index in [4.69, 9.17) is 9.84 Å². The summed E-state index contributed by atoms with van der Waals surface area (Å²) in [7, 11) is 0. The Morgan fingerprint density at radius 3 is 1.24 bits per heavy atom. The van der Waals surface area contributed by atoms with Crippen LogP contribution in [0.1, 0.15) is 239 Å². The number of carboxylic acid groups (broad SMARTS) is 1. The smallest absolute Gasteiger partial charge is 0.306 e. The maximum absolute atomic E-state index is 12.6. The van der Waals surface area contributed by atoms with Crippen molar-refractivity contribution in [3.8, 4) is 0 Å². The topological polar surface area (TPSA) is 63.6 Å². The van der Waals surface area contributed by atoms with Gasteiger partial charge in [0, 0.05) is 12.8 Å². The van der Waals surface area contributed by atoms with Gasteiger partial charge >= 0.3 is 11.9 Å². The molecule has 4 nitrogen and oxygen atoms in total. The second-order valence-electron chi connectivity index (χ2n) is 14.2. The molecule has 0 rings (SSSR count). The minimum absolute atomic E-state index is 0.0587. The Balaban J connectivity index is 3.73. The molecule has 0 aliphatic carbocycles. The first-order valence-corrected chi connectivity index (χ1v) is 20.7. The van der Waals surface area contributed by atoms with Crippen LogP contribution in [0.15, 0.2) is 12.2 Å². The monoisotopic (exact) mass is 649 g/mol. The first-order chi connectivity index (χ1) is 22.6. The lowest BCUT2D eigenvalue weighted by Crippen LogP contribution is -2.16. The lowest BCUT2D eigenvalue weighted by atomic mass is 10.0. The minimum atomic E-state index is -0.718. The van der Waals surface area contributed by atoms with E-state index in [1.165, 1.54) is 161 Å². The molecule has 0 aliphatic heterocycles. The zero-order valence-electron chi connectivity index (χ0n) is 31.2. The standard InChI is InChI=1S/C42H80O4/c1-3-5-7-9-11-12-13-14-15-16-17-18-19-20-21-22-23-24-25-27-29-35-39-42(45)46-40(36-32-28-26-10-8-6-4-2)37-33-30-31-34-38-41(43)44/h32,36,40H,3-31,33-35,37-39H2,1-2H3,(H,43,44)/b36-32-. The summed E-state index contributed by atoms with van der Waals surface area (Å²) in [6.45, 7) is 4.53. The number of allylic oxidation sites excluding steroid dienone is 1. The van der Waals surface area contributed by atoms with Gasteiger partial charge in [-0.05, 0) is 44.6 Å². The first kappa shape index (κ1) is 44.7. The number of aliphatic carboxylic acids is 1. The molecule has 0 radical (unpaired) electrons. The highest BCUT2D eigenvalue weighted by atomic mass is 16.5. The number of hydrogen-bond acceptors (Lipinski definition) is 3. The summed E-state index contributed by atoms with van der Waals surface area (Å²) in [5, 5.41) is 8.82. The van der Waals surface area contributed by atoms with Gasteiger partial charge in [0.05, 0.1) is 0 Å². The summed E-state index contributed by atoms with van der Waals surface area (Å²) < 4.78 is 5.87. The summed E-state index contributed by atoms with van der Waals surface area (Å²) in [6, 6.07) is 0. The van der Waals surface area contributed by atoms with Crippen LogP contribution < -0.4 is 0 Å². The molecule has 0 aromatic carbocycles. The highest BCUT2D eigenvalue weighted by molar-refractivity contribution is 5.69. The number of hydrogen-bond donors (Lipinski definition) is 1. The Bertz CT molecular complexity index is 658. The van der Waals surface area contributed by atoms with E-state index in [0.717, 1.165) is 51.4 Å². The van der Waals surface area contributed by atoms with Crippen molar-refractivity contribution in [3.63, 3.8) is 0 Å². The van der Waals surface area contributed by atoms with E-state index in [1.54, 1.807) is 0 Å². The third-order valence-corrected chi connectivity index (χ3v) is 9.47. The molecule has 0 heterocycles. The predicted octanol–water partition coefficient (Wildman–Crippen LogP) is 14.2. The lowest BCUT2D eigenvalue weighted by molar-refractivity contribution is -0.147. The molecule has 4 heteroatoms. The number of esters is 1. The largest absolute Gasteiger partial charge is 0.481 e. The fraction of sp³-hybridized carbons (Fsp3) is 0.905. The van der Waals surface area contributed by atoms with Gasteiger partial charge < -0.3 is 9.84 Å². The van der Waals surface area contributed by atoms with Crippen LogP contribution in [-0.2, 0) is 14.3 Å². The quantitative estimate of drug-likeness (QED) is 0.0411. The van der Waals surface area contributed by atoms with Gasteiger partial charge in [-0.25, -0.2) is 0 Å². The molecule has 0 amide bonds. The van der Waals surface area contributed by atoms with Crippen molar-refractivity contribution in [3.05, 3.63) is 12.2 Å². The summed E-state index contributed by atoms with van der Waals surface area (Å²) in [6.07, 6.45) is 47.0. The highest BCUT2D eigenvalue weighted by Crippen LogP contribution is 2.17. The number of unbranched alkanes of at least 4 members (excludes halogenated alkanes) is 29. The maximum atomic E-state index is 12.6. The summed E-state index contributed by atoms with van der Waals surface area (Å²) in [5.41, 5.74) is 0. The fourth-order valence-corrected chi connectivity index (χ4v) is 6.39. The van der Waals surface area contributed by atoms with E-state index in [-0.39, 0.29) is 18.5 Å². The number of rotatable bonds is 38.